The van der Waals surface area contributed by atoms with Crippen LogP contribution in [0.15, 0.2) is 25.3 Å². The van der Waals surface area contributed by atoms with Gasteiger partial charge in [-0.05, 0) is 25.2 Å². The second-order valence-electron chi connectivity index (χ2n) is 11.5. The molecule has 7 atom stereocenters. The van der Waals surface area contributed by atoms with Gasteiger partial charge in [0.15, 0.2) is 0 Å². The van der Waals surface area contributed by atoms with Crippen molar-refractivity contribution in [1.29, 1.82) is 0 Å². The molecule has 4 aliphatic heterocycles. The summed E-state index contributed by atoms with van der Waals surface area (Å²) in [7, 11) is 0. The van der Waals surface area contributed by atoms with Crippen LogP contribution in [0.2, 0.25) is 0 Å². The van der Waals surface area contributed by atoms with E-state index in [2.05, 4.69) is 34.0 Å². The Morgan fingerprint density at radius 3 is 2.65 bits per heavy atom. The molecule has 3 unspecified atom stereocenters. The number of rotatable bonds is 14. The normalized spacial score (nSPS) is 32.3. The second-order valence-corrected chi connectivity index (χ2v) is 14.2. The first-order valence-corrected chi connectivity index (χ1v) is 16.2. The van der Waals surface area contributed by atoms with Crippen LogP contribution < -0.4 is 0 Å². The Kier molecular flexibility index (Phi) is 10.8. The highest BCUT2D eigenvalue weighted by Crippen LogP contribution is 2.68. The minimum absolute atomic E-state index is 0.0321. The molecule has 11 heteroatoms. The maximum absolute atomic E-state index is 14.6. The average molecular weight is 643 g/mol. The Bertz CT molecular complexity index is 962. The Morgan fingerprint density at radius 2 is 2.02 bits per heavy atom. The molecule has 4 aliphatic rings. The van der Waals surface area contributed by atoms with Crippen molar-refractivity contribution < 1.29 is 29.0 Å². The molecule has 4 rings (SSSR count). The van der Waals surface area contributed by atoms with Gasteiger partial charge in [0.05, 0.1) is 49.1 Å². The summed E-state index contributed by atoms with van der Waals surface area (Å²) < 4.78 is 10.4. The molecule has 224 valence electrons. The number of fused-ring (bicyclic) bond motifs is 1. The Balaban J connectivity index is 1.67. The van der Waals surface area contributed by atoms with Crippen molar-refractivity contribution in [2.24, 2.45) is 17.8 Å². The number of hydrogen-bond acceptors (Lipinski definition) is 8. The van der Waals surface area contributed by atoms with E-state index in [0.717, 1.165) is 19.5 Å². The van der Waals surface area contributed by atoms with Gasteiger partial charge in [0, 0.05) is 42.8 Å². The molecule has 9 nitrogen and oxygen atoms in total. The number of thioether (sulfide) groups is 1. The van der Waals surface area contributed by atoms with Gasteiger partial charge in [-0.2, -0.15) is 0 Å². The van der Waals surface area contributed by atoms with Gasteiger partial charge in [0.25, 0.3) is 0 Å². The molecule has 0 aromatic heterocycles. The number of unbranched alkanes of at least 4 members (excludes halogenated alkanes) is 1. The van der Waals surface area contributed by atoms with Gasteiger partial charge in [-0.15, -0.1) is 24.9 Å². The van der Waals surface area contributed by atoms with Gasteiger partial charge < -0.3 is 24.4 Å². The van der Waals surface area contributed by atoms with Crippen molar-refractivity contribution in [3.05, 3.63) is 25.3 Å². The minimum Gasteiger partial charge on any atom is -0.465 e. The van der Waals surface area contributed by atoms with Crippen LogP contribution in [0.5, 0.6) is 0 Å². The largest absolute Gasteiger partial charge is 0.465 e. The topological polar surface area (TPSA) is 99.6 Å². The van der Waals surface area contributed by atoms with E-state index in [0.29, 0.717) is 45.7 Å². The summed E-state index contributed by atoms with van der Waals surface area (Å²) in [4.78, 5) is 48.0. The molecule has 2 bridgehead atoms. The number of alkyl halides is 1. The van der Waals surface area contributed by atoms with Crippen molar-refractivity contribution in [3.8, 4) is 0 Å². The van der Waals surface area contributed by atoms with E-state index in [1.54, 1.807) is 33.7 Å². The SMILES string of the molecule is C=CCCCOC(=O)[C@H]1[C@@H]2SC3(CC2Br)C(C(=O)N(CC=C)CCN2CCOCC2)N([C@@H](CO)C(C)C)C(=O)[C@H]13. The van der Waals surface area contributed by atoms with Crippen molar-refractivity contribution in [2.75, 3.05) is 59.2 Å². The number of amides is 2. The number of halogens is 1. The van der Waals surface area contributed by atoms with E-state index < -0.39 is 28.7 Å². The molecule has 1 N–H and O–H groups in total. The minimum atomic E-state index is -0.789. The number of carbonyl (C=O) groups excluding carboxylic acids is 3. The molecule has 40 heavy (non-hydrogen) atoms. The predicted octanol–water partition coefficient (Wildman–Crippen LogP) is 2.32. The highest BCUT2D eigenvalue weighted by molar-refractivity contribution is 9.09. The van der Waals surface area contributed by atoms with Crippen LogP contribution in [0.4, 0.5) is 0 Å². The van der Waals surface area contributed by atoms with Crippen LogP contribution in [0.25, 0.3) is 0 Å². The van der Waals surface area contributed by atoms with Crippen LogP contribution in [0, 0.1) is 17.8 Å². The summed E-state index contributed by atoms with van der Waals surface area (Å²) >= 11 is 5.39. The molecule has 2 amide bonds. The van der Waals surface area contributed by atoms with Crippen molar-refractivity contribution >= 4 is 45.5 Å². The summed E-state index contributed by atoms with van der Waals surface area (Å²) in [6, 6.07) is -1.33. The molecule has 0 aromatic rings. The summed E-state index contributed by atoms with van der Waals surface area (Å²) in [6.45, 7) is 16.0. The number of likely N-dealkylation sites (tertiary alicyclic amines) is 1. The van der Waals surface area contributed by atoms with E-state index in [-0.39, 0.29) is 47.0 Å². The van der Waals surface area contributed by atoms with Gasteiger partial charge in [-0.25, -0.2) is 0 Å². The second kappa shape index (κ2) is 13.7. The number of aliphatic hydroxyl groups excluding tert-OH is 1. The van der Waals surface area contributed by atoms with Gasteiger partial charge in [0.2, 0.25) is 11.8 Å². The molecule has 4 saturated heterocycles. The molecule has 4 heterocycles. The first kappa shape index (κ1) is 31.5. The number of nitrogens with zero attached hydrogens (tertiary/aromatic N) is 3. The van der Waals surface area contributed by atoms with Gasteiger partial charge >= 0.3 is 5.97 Å². The zero-order valence-electron chi connectivity index (χ0n) is 23.7. The lowest BCUT2D eigenvalue weighted by Crippen LogP contribution is -2.59. The zero-order valence-corrected chi connectivity index (χ0v) is 26.1. The number of hydrogen-bond donors (Lipinski definition) is 1. The Hall–Kier alpha value is -1.40. The summed E-state index contributed by atoms with van der Waals surface area (Å²) in [5, 5.41) is 10.3. The molecular formula is C29H44BrN3O6S. The number of morpholine rings is 1. The van der Waals surface area contributed by atoms with Crippen LogP contribution in [0.1, 0.15) is 33.1 Å². The van der Waals surface area contributed by atoms with Crippen molar-refractivity contribution in [1.82, 2.24) is 14.7 Å². The van der Waals surface area contributed by atoms with Gasteiger partial charge in [-0.3, -0.25) is 19.3 Å². The quantitative estimate of drug-likeness (QED) is 0.134. The van der Waals surface area contributed by atoms with Crippen LogP contribution in [-0.4, -0.2) is 124 Å². The molecular weight excluding hydrogens is 598 g/mol. The van der Waals surface area contributed by atoms with Crippen molar-refractivity contribution in [2.45, 2.75) is 60.0 Å². The van der Waals surface area contributed by atoms with Crippen molar-refractivity contribution in [3.63, 3.8) is 0 Å². The molecule has 4 fully saturated rings. The van der Waals surface area contributed by atoms with Crippen LogP contribution in [-0.2, 0) is 23.9 Å². The summed E-state index contributed by atoms with van der Waals surface area (Å²) in [5.41, 5.74) is 0. The fourth-order valence-corrected chi connectivity index (χ4v) is 10.4. The fraction of sp³-hybridized carbons (Fsp3) is 0.759. The third kappa shape index (κ3) is 5.91. The zero-order chi connectivity index (χ0) is 29.0. The predicted molar refractivity (Wildman–Crippen MR) is 159 cm³/mol. The van der Waals surface area contributed by atoms with E-state index in [1.807, 2.05) is 13.8 Å². The Labute approximate surface area is 250 Å². The lowest BCUT2D eigenvalue weighted by Gasteiger charge is -2.41. The third-order valence-corrected chi connectivity index (χ3v) is 12.0. The highest BCUT2D eigenvalue weighted by atomic mass is 79.9. The summed E-state index contributed by atoms with van der Waals surface area (Å²) in [5.74, 6) is -2.13. The first-order chi connectivity index (χ1) is 19.2. The van der Waals surface area contributed by atoms with E-state index in [9.17, 15) is 19.5 Å². The molecule has 0 aliphatic carbocycles. The molecule has 0 aromatic carbocycles. The lowest BCUT2D eigenvalue weighted by molar-refractivity contribution is -0.154. The Morgan fingerprint density at radius 1 is 1.30 bits per heavy atom. The number of esters is 1. The fourth-order valence-electron chi connectivity index (χ4n) is 6.80. The van der Waals surface area contributed by atoms with E-state index >= 15 is 0 Å². The lowest BCUT2D eigenvalue weighted by atomic mass is 9.71. The smallest absolute Gasteiger partial charge is 0.310 e. The standard InChI is InChI=1S/C29H44BrN3O6S/c1-5-7-8-14-39-28(37)22-23-26(35)33(21(18-34)19(3)4)25(29(23)17-20(30)24(22)40-29)27(36)32(9-6-2)11-10-31-12-15-38-16-13-31/h5-6,19-25,34H,1-2,7-18H2,3-4H3/t20?,21-,22+,23-,24+,25?,29?/m0/s1. The number of carbonyl (C=O) groups is 3. The molecule has 0 radical (unpaired) electrons. The summed E-state index contributed by atoms with van der Waals surface area (Å²) in [6.07, 6.45) is 5.51. The monoisotopic (exact) mass is 641 g/mol. The maximum Gasteiger partial charge on any atom is 0.310 e. The first-order valence-electron chi connectivity index (χ1n) is 14.4. The maximum atomic E-state index is 14.6. The van der Waals surface area contributed by atoms with Crippen LogP contribution >= 0.6 is 27.7 Å². The van der Waals surface area contributed by atoms with Gasteiger partial charge in [0.1, 0.15) is 6.04 Å². The van der Waals surface area contributed by atoms with E-state index in [4.69, 9.17) is 9.47 Å². The highest BCUT2D eigenvalue weighted by Gasteiger charge is 2.76. The molecule has 1 spiro atoms. The van der Waals surface area contributed by atoms with E-state index in [1.165, 1.54) is 0 Å². The molecule has 0 saturated carbocycles. The average Bonchev–Trinajstić information content (AvgIpc) is 3.53. The van der Waals surface area contributed by atoms with Crippen LogP contribution in [0.3, 0.4) is 0 Å². The number of allylic oxidation sites excluding steroid dienone is 1. The number of ether oxygens (including phenoxy) is 2. The third-order valence-electron chi connectivity index (χ3n) is 8.79. The van der Waals surface area contributed by atoms with Gasteiger partial charge in [-0.1, -0.05) is 41.9 Å². The number of aliphatic hydroxyl groups is 1.